The molecule has 2 N–H and O–H groups in total. The Morgan fingerprint density at radius 2 is 1.63 bits per heavy atom. The molecule has 2 amide bonds. The van der Waals surface area contributed by atoms with Gasteiger partial charge in [-0.1, -0.05) is 23.7 Å². The van der Waals surface area contributed by atoms with E-state index < -0.39 is 0 Å². The molecule has 138 valence electrons. The Morgan fingerprint density at radius 1 is 0.926 bits per heavy atom. The van der Waals surface area contributed by atoms with Crippen molar-refractivity contribution in [3.8, 4) is 0 Å². The fraction of sp³-hybridized carbons (Fsp3) is 0.100. The SMILES string of the molecule is O=C(CCSc1ccccc1Cl)Nc1ccc(NC(=O)c2ccco2)cc1. The number of carbonyl (C=O) groups excluding carboxylic acids is 2. The lowest BCUT2D eigenvalue weighted by molar-refractivity contribution is -0.115. The van der Waals surface area contributed by atoms with Crippen molar-refractivity contribution in [1.82, 2.24) is 0 Å². The first-order valence-electron chi connectivity index (χ1n) is 8.24. The van der Waals surface area contributed by atoms with Gasteiger partial charge in [0.25, 0.3) is 5.91 Å². The molecule has 0 bridgehead atoms. The second-order valence-corrected chi connectivity index (χ2v) is 7.13. The molecular weight excluding hydrogens is 384 g/mol. The summed E-state index contributed by atoms with van der Waals surface area (Å²) in [7, 11) is 0. The summed E-state index contributed by atoms with van der Waals surface area (Å²) in [5.74, 6) is 0.464. The largest absolute Gasteiger partial charge is 0.459 e. The van der Waals surface area contributed by atoms with Gasteiger partial charge in [0.1, 0.15) is 0 Å². The average Bonchev–Trinajstić information content (AvgIpc) is 3.20. The van der Waals surface area contributed by atoms with Gasteiger partial charge in [0.2, 0.25) is 5.91 Å². The minimum atomic E-state index is -0.326. The monoisotopic (exact) mass is 400 g/mol. The third kappa shape index (κ3) is 5.64. The van der Waals surface area contributed by atoms with E-state index in [9.17, 15) is 9.59 Å². The fourth-order valence-electron chi connectivity index (χ4n) is 2.28. The van der Waals surface area contributed by atoms with Crippen LogP contribution >= 0.6 is 23.4 Å². The van der Waals surface area contributed by atoms with Crippen molar-refractivity contribution < 1.29 is 14.0 Å². The molecule has 0 atom stereocenters. The van der Waals surface area contributed by atoms with Crippen LogP contribution in [0.2, 0.25) is 5.02 Å². The normalized spacial score (nSPS) is 10.4. The maximum absolute atomic E-state index is 12.1. The van der Waals surface area contributed by atoms with Gasteiger partial charge in [-0.15, -0.1) is 11.8 Å². The van der Waals surface area contributed by atoms with Gasteiger partial charge in [0.05, 0.1) is 11.3 Å². The molecule has 1 heterocycles. The number of hydrogen-bond donors (Lipinski definition) is 2. The van der Waals surface area contributed by atoms with Crippen LogP contribution in [0.25, 0.3) is 0 Å². The zero-order valence-corrected chi connectivity index (χ0v) is 15.8. The molecule has 1 aromatic heterocycles. The number of carbonyl (C=O) groups is 2. The van der Waals surface area contributed by atoms with Gasteiger partial charge in [-0.05, 0) is 48.5 Å². The van der Waals surface area contributed by atoms with E-state index in [1.54, 1.807) is 48.2 Å². The second kappa shape index (κ2) is 9.30. The molecule has 0 radical (unpaired) electrons. The summed E-state index contributed by atoms with van der Waals surface area (Å²) in [5.41, 5.74) is 1.28. The molecule has 0 aliphatic heterocycles. The highest BCUT2D eigenvalue weighted by molar-refractivity contribution is 7.99. The van der Waals surface area contributed by atoms with Gasteiger partial charge >= 0.3 is 0 Å². The van der Waals surface area contributed by atoms with Crippen LogP contribution in [0.1, 0.15) is 17.0 Å². The van der Waals surface area contributed by atoms with Crippen LogP contribution in [0.5, 0.6) is 0 Å². The molecule has 3 aromatic rings. The molecule has 0 spiro atoms. The molecule has 0 aliphatic rings. The number of amides is 2. The lowest BCUT2D eigenvalue weighted by Gasteiger charge is -2.08. The van der Waals surface area contributed by atoms with E-state index in [1.807, 2.05) is 24.3 Å². The van der Waals surface area contributed by atoms with Gasteiger partial charge in [0, 0.05) is 28.4 Å². The van der Waals surface area contributed by atoms with Crippen LogP contribution in [0, 0.1) is 0 Å². The maximum Gasteiger partial charge on any atom is 0.291 e. The van der Waals surface area contributed by atoms with Gasteiger partial charge in [-0.3, -0.25) is 9.59 Å². The van der Waals surface area contributed by atoms with Gasteiger partial charge in [-0.25, -0.2) is 0 Å². The predicted octanol–water partition coefficient (Wildman–Crippen LogP) is 5.31. The number of furan rings is 1. The number of benzene rings is 2. The third-order valence-electron chi connectivity index (χ3n) is 3.59. The van der Waals surface area contributed by atoms with Gasteiger partial charge < -0.3 is 15.1 Å². The van der Waals surface area contributed by atoms with E-state index in [-0.39, 0.29) is 17.6 Å². The lowest BCUT2D eigenvalue weighted by Crippen LogP contribution is -2.13. The number of anilines is 2. The summed E-state index contributed by atoms with van der Waals surface area (Å²) >= 11 is 7.64. The quantitative estimate of drug-likeness (QED) is 0.527. The molecule has 5 nitrogen and oxygen atoms in total. The molecule has 0 fully saturated rings. The van der Waals surface area contributed by atoms with Crippen LogP contribution in [0.3, 0.4) is 0 Å². The summed E-state index contributed by atoms with van der Waals surface area (Å²) in [6, 6.07) is 17.7. The highest BCUT2D eigenvalue weighted by Crippen LogP contribution is 2.27. The number of nitrogens with one attached hydrogen (secondary N) is 2. The summed E-state index contributed by atoms with van der Waals surface area (Å²) in [4.78, 5) is 24.9. The van der Waals surface area contributed by atoms with Crippen LogP contribution in [0.4, 0.5) is 11.4 Å². The maximum atomic E-state index is 12.1. The number of rotatable bonds is 7. The summed E-state index contributed by atoms with van der Waals surface area (Å²) < 4.78 is 5.04. The van der Waals surface area contributed by atoms with Gasteiger partial charge in [0.15, 0.2) is 5.76 Å². The zero-order valence-electron chi connectivity index (χ0n) is 14.3. The average molecular weight is 401 g/mol. The van der Waals surface area contributed by atoms with E-state index in [2.05, 4.69) is 10.6 Å². The molecule has 0 aliphatic carbocycles. The van der Waals surface area contributed by atoms with Crippen molar-refractivity contribution in [2.45, 2.75) is 11.3 Å². The Labute approximate surface area is 166 Å². The summed E-state index contributed by atoms with van der Waals surface area (Å²) in [5, 5.41) is 6.25. The minimum Gasteiger partial charge on any atom is -0.459 e. The molecule has 0 unspecified atom stereocenters. The van der Waals surface area contributed by atoms with Crippen molar-refractivity contribution >= 4 is 46.6 Å². The minimum absolute atomic E-state index is 0.0816. The molecule has 27 heavy (non-hydrogen) atoms. The Balaban J connectivity index is 1.45. The van der Waals surface area contributed by atoms with E-state index in [4.69, 9.17) is 16.0 Å². The standard InChI is InChI=1S/C20H17ClN2O3S/c21-16-4-1-2-6-18(16)27-13-11-19(24)22-14-7-9-15(10-8-14)23-20(25)17-5-3-12-26-17/h1-10,12H,11,13H2,(H,22,24)(H,23,25). The van der Waals surface area contributed by atoms with Crippen molar-refractivity contribution in [3.05, 3.63) is 77.7 Å². The molecule has 0 saturated carbocycles. The van der Waals surface area contributed by atoms with E-state index in [1.165, 1.54) is 6.26 Å². The van der Waals surface area contributed by atoms with Crippen molar-refractivity contribution in [1.29, 1.82) is 0 Å². The topological polar surface area (TPSA) is 71.3 Å². The first kappa shape index (κ1) is 19.1. The Bertz CT molecular complexity index is 911. The second-order valence-electron chi connectivity index (χ2n) is 5.59. The zero-order chi connectivity index (χ0) is 19.1. The van der Waals surface area contributed by atoms with Crippen molar-refractivity contribution in [2.75, 3.05) is 16.4 Å². The van der Waals surface area contributed by atoms with E-state index >= 15 is 0 Å². The molecule has 7 heteroatoms. The van der Waals surface area contributed by atoms with Crippen molar-refractivity contribution in [3.63, 3.8) is 0 Å². The van der Waals surface area contributed by atoms with Crippen LogP contribution in [0.15, 0.2) is 76.2 Å². The van der Waals surface area contributed by atoms with Gasteiger partial charge in [-0.2, -0.15) is 0 Å². The number of hydrogen-bond acceptors (Lipinski definition) is 4. The number of halogens is 1. The smallest absolute Gasteiger partial charge is 0.291 e. The molecule has 0 saturated heterocycles. The Hall–Kier alpha value is -2.70. The van der Waals surface area contributed by atoms with Crippen molar-refractivity contribution in [2.24, 2.45) is 0 Å². The fourth-order valence-corrected chi connectivity index (χ4v) is 3.46. The number of thioether (sulfide) groups is 1. The Morgan fingerprint density at radius 3 is 2.30 bits per heavy atom. The van der Waals surface area contributed by atoms with E-state index in [0.717, 1.165) is 4.90 Å². The first-order chi connectivity index (χ1) is 13.1. The molecule has 3 rings (SSSR count). The van der Waals surface area contributed by atoms with E-state index in [0.29, 0.717) is 28.6 Å². The highest BCUT2D eigenvalue weighted by atomic mass is 35.5. The predicted molar refractivity (Wildman–Crippen MR) is 109 cm³/mol. The first-order valence-corrected chi connectivity index (χ1v) is 9.60. The van der Waals surface area contributed by atoms with Crippen LogP contribution in [-0.2, 0) is 4.79 Å². The highest BCUT2D eigenvalue weighted by Gasteiger charge is 2.09. The van der Waals surface area contributed by atoms with Crippen LogP contribution in [-0.4, -0.2) is 17.6 Å². The molecule has 2 aromatic carbocycles. The third-order valence-corrected chi connectivity index (χ3v) is 5.11. The summed E-state index contributed by atoms with van der Waals surface area (Å²) in [6.07, 6.45) is 1.81. The Kier molecular flexibility index (Phi) is 6.57. The molecular formula is C20H17ClN2O3S. The summed E-state index contributed by atoms with van der Waals surface area (Å²) in [6.45, 7) is 0. The van der Waals surface area contributed by atoms with Crippen LogP contribution < -0.4 is 10.6 Å². The lowest BCUT2D eigenvalue weighted by atomic mass is 10.2.